The maximum Gasteiger partial charge on any atom is 0.293 e. The Morgan fingerprint density at radius 3 is 2.06 bits per heavy atom. The molecule has 0 N–H and O–H groups in total. The summed E-state index contributed by atoms with van der Waals surface area (Å²) in [6.07, 6.45) is 3.56. The highest BCUT2D eigenvalue weighted by Crippen LogP contribution is 2.13. The zero-order valence-corrected chi connectivity index (χ0v) is 11.8. The number of aryl methyl sites for hydroxylation is 1. The van der Waals surface area contributed by atoms with Crippen molar-refractivity contribution >= 4 is 29.8 Å². The van der Waals surface area contributed by atoms with Crippen LogP contribution in [0.5, 0.6) is 0 Å². The molecule has 2 nitrogen and oxygen atoms in total. The van der Waals surface area contributed by atoms with Crippen molar-refractivity contribution in [3.63, 3.8) is 0 Å². The van der Waals surface area contributed by atoms with Crippen molar-refractivity contribution in [2.24, 2.45) is 0 Å². The number of alkyl halides is 1. The van der Waals surface area contributed by atoms with Gasteiger partial charge in [-0.25, -0.2) is 0 Å². The minimum absolute atomic E-state index is 0.431. The van der Waals surface area contributed by atoms with Gasteiger partial charge in [0.05, 0.1) is 6.61 Å². The lowest BCUT2D eigenvalue weighted by Gasteiger charge is -1.93. The van der Waals surface area contributed by atoms with E-state index in [1.54, 1.807) is 18.7 Å². The Morgan fingerprint density at radius 2 is 1.81 bits per heavy atom. The van der Waals surface area contributed by atoms with E-state index < -0.39 is 0 Å². The van der Waals surface area contributed by atoms with Gasteiger partial charge in [-0.2, -0.15) is 0 Å². The summed E-state index contributed by atoms with van der Waals surface area (Å²) in [7, 11) is 0. The van der Waals surface area contributed by atoms with Crippen molar-refractivity contribution in [1.82, 2.24) is 0 Å². The normalized spacial score (nSPS) is 7.81. The monoisotopic (exact) mass is 262 g/mol. The van der Waals surface area contributed by atoms with Gasteiger partial charge in [0, 0.05) is 11.3 Å². The molecule has 16 heavy (non-hydrogen) atoms. The molecule has 1 aromatic rings. The van der Waals surface area contributed by atoms with E-state index >= 15 is 0 Å². The van der Waals surface area contributed by atoms with Crippen LogP contribution in [0.15, 0.2) is 29.2 Å². The SMILES string of the molecule is CCOC=O.CCl.CSc1ccc(C)cc1. The topological polar surface area (TPSA) is 26.3 Å². The molecule has 4 heteroatoms. The van der Waals surface area contributed by atoms with E-state index in [0.717, 1.165) is 0 Å². The molecule has 1 rings (SSSR count). The van der Waals surface area contributed by atoms with Crippen LogP contribution in [-0.2, 0) is 9.53 Å². The van der Waals surface area contributed by atoms with Gasteiger partial charge in [-0.05, 0) is 32.2 Å². The van der Waals surface area contributed by atoms with Crippen LogP contribution in [-0.4, -0.2) is 25.7 Å². The first kappa shape index (κ1) is 17.7. The fourth-order valence-electron chi connectivity index (χ4n) is 0.742. The average Bonchev–Trinajstić information content (AvgIpc) is 2.34. The number of carbonyl (C=O) groups is 1. The van der Waals surface area contributed by atoms with Crippen LogP contribution in [0.4, 0.5) is 0 Å². The van der Waals surface area contributed by atoms with E-state index in [4.69, 9.17) is 0 Å². The Morgan fingerprint density at radius 1 is 1.31 bits per heavy atom. The van der Waals surface area contributed by atoms with Crippen molar-refractivity contribution in [3.05, 3.63) is 29.8 Å². The average molecular weight is 263 g/mol. The number of rotatable bonds is 3. The van der Waals surface area contributed by atoms with Gasteiger partial charge in [-0.3, -0.25) is 4.79 Å². The summed E-state index contributed by atoms with van der Waals surface area (Å²) in [6.45, 7) is 4.77. The highest BCUT2D eigenvalue weighted by atomic mass is 35.5. The van der Waals surface area contributed by atoms with E-state index in [9.17, 15) is 4.79 Å². The first-order valence-corrected chi connectivity index (χ1v) is 6.76. The van der Waals surface area contributed by atoms with Gasteiger partial charge in [0.1, 0.15) is 0 Å². The Hall–Kier alpha value is -0.670. The Labute approximate surface area is 107 Å². The molecular weight excluding hydrogens is 244 g/mol. The first-order chi connectivity index (χ1) is 7.74. The van der Waals surface area contributed by atoms with Crippen molar-refractivity contribution in [2.75, 3.05) is 19.2 Å². The van der Waals surface area contributed by atoms with E-state index in [-0.39, 0.29) is 0 Å². The van der Waals surface area contributed by atoms with Crippen LogP contribution < -0.4 is 0 Å². The third-order valence-corrected chi connectivity index (χ3v) is 2.23. The summed E-state index contributed by atoms with van der Waals surface area (Å²) in [6, 6.07) is 8.54. The van der Waals surface area contributed by atoms with E-state index in [1.165, 1.54) is 16.8 Å². The largest absolute Gasteiger partial charge is 0.468 e. The highest BCUT2D eigenvalue weighted by molar-refractivity contribution is 7.98. The van der Waals surface area contributed by atoms with Gasteiger partial charge in [-0.1, -0.05) is 17.7 Å². The first-order valence-electron chi connectivity index (χ1n) is 4.78. The molecule has 92 valence electrons. The molecule has 0 atom stereocenters. The summed E-state index contributed by atoms with van der Waals surface area (Å²) in [5, 5.41) is 0. The lowest BCUT2D eigenvalue weighted by atomic mass is 10.2. The molecule has 0 radical (unpaired) electrons. The third kappa shape index (κ3) is 11.4. The molecule has 0 aliphatic heterocycles. The molecule has 0 amide bonds. The quantitative estimate of drug-likeness (QED) is 0.471. The summed E-state index contributed by atoms with van der Waals surface area (Å²) in [4.78, 5) is 10.5. The van der Waals surface area contributed by atoms with E-state index in [1.807, 2.05) is 0 Å². The molecule has 0 saturated carbocycles. The van der Waals surface area contributed by atoms with Crippen LogP contribution in [0.3, 0.4) is 0 Å². The predicted octanol–water partition coefficient (Wildman–Crippen LogP) is 3.75. The third-order valence-electron chi connectivity index (χ3n) is 1.49. The molecule has 0 unspecified atom stereocenters. The van der Waals surface area contributed by atoms with Gasteiger partial charge in [-0.15, -0.1) is 23.4 Å². The lowest BCUT2D eigenvalue weighted by molar-refractivity contribution is -0.128. The summed E-state index contributed by atoms with van der Waals surface area (Å²) < 4.78 is 4.15. The number of ether oxygens (including phenoxy) is 1. The van der Waals surface area contributed by atoms with Crippen molar-refractivity contribution < 1.29 is 9.53 Å². The smallest absolute Gasteiger partial charge is 0.293 e. The van der Waals surface area contributed by atoms with Gasteiger partial charge in [0.25, 0.3) is 6.47 Å². The fraction of sp³-hybridized carbons (Fsp3) is 0.417. The lowest BCUT2D eigenvalue weighted by Crippen LogP contribution is -1.80. The van der Waals surface area contributed by atoms with Crippen LogP contribution in [0.25, 0.3) is 0 Å². The van der Waals surface area contributed by atoms with Crippen molar-refractivity contribution in [2.45, 2.75) is 18.7 Å². The number of carbonyl (C=O) groups excluding carboxylic acids is 1. The molecule has 1 aromatic carbocycles. The Bertz CT molecular complexity index is 250. The maximum absolute atomic E-state index is 9.18. The van der Waals surface area contributed by atoms with Crippen LogP contribution in [0.2, 0.25) is 0 Å². The second-order valence-electron chi connectivity index (χ2n) is 2.57. The van der Waals surface area contributed by atoms with Crippen LogP contribution in [0, 0.1) is 6.92 Å². The van der Waals surface area contributed by atoms with Gasteiger partial charge < -0.3 is 4.74 Å². The zero-order chi connectivity index (χ0) is 12.8. The number of hydrogen-bond donors (Lipinski definition) is 0. The highest BCUT2D eigenvalue weighted by Gasteiger charge is 1.85. The number of thioether (sulfide) groups is 1. The van der Waals surface area contributed by atoms with Gasteiger partial charge in [0.2, 0.25) is 0 Å². The molecule has 0 fully saturated rings. The molecule has 0 saturated heterocycles. The molecular formula is C12H19ClO2S. The number of benzene rings is 1. The predicted molar refractivity (Wildman–Crippen MR) is 72.4 cm³/mol. The number of halogens is 1. The summed E-state index contributed by atoms with van der Waals surface area (Å²) >= 11 is 6.42. The fourth-order valence-corrected chi connectivity index (χ4v) is 1.15. The Balaban J connectivity index is 0. The number of hydrogen-bond acceptors (Lipinski definition) is 3. The Kier molecular flexibility index (Phi) is 15.9. The van der Waals surface area contributed by atoms with Crippen LogP contribution in [0.1, 0.15) is 12.5 Å². The summed E-state index contributed by atoms with van der Waals surface area (Å²) in [5.74, 6) is 0. The van der Waals surface area contributed by atoms with Crippen molar-refractivity contribution in [1.29, 1.82) is 0 Å². The minimum atomic E-state index is 0.431. The standard InChI is InChI=1S/C8H10S.C3H6O2.CH3Cl/c1-7-3-5-8(9-2)6-4-7;1-2-5-3-4;1-2/h3-6H,1-2H3;3H,2H2,1H3;1H3. The molecule has 0 aliphatic carbocycles. The second kappa shape index (κ2) is 14.3. The maximum atomic E-state index is 9.18. The minimum Gasteiger partial charge on any atom is -0.468 e. The van der Waals surface area contributed by atoms with Crippen LogP contribution >= 0.6 is 23.4 Å². The van der Waals surface area contributed by atoms with E-state index in [0.29, 0.717) is 13.1 Å². The molecule has 0 aliphatic rings. The molecule has 0 heterocycles. The summed E-state index contributed by atoms with van der Waals surface area (Å²) in [5.41, 5.74) is 1.33. The molecule has 0 bridgehead atoms. The molecule has 0 aromatic heterocycles. The van der Waals surface area contributed by atoms with Crippen molar-refractivity contribution in [3.8, 4) is 0 Å². The second-order valence-corrected chi connectivity index (χ2v) is 3.45. The van der Waals surface area contributed by atoms with Gasteiger partial charge in [0.15, 0.2) is 0 Å². The zero-order valence-electron chi connectivity index (χ0n) is 10.2. The molecule has 0 spiro atoms. The van der Waals surface area contributed by atoms with Gasteiger partial charge >= 0.3 is 0 Å². The van der Waals surface area contributed by atoms with E-state index in [2.05, 4.69) is 53.8 Å².